The minimum absolute atomic E-state index is 0.196. The van der Waals surface area contributed by atoms with Crippen LogP contribution in [0.25, 0.3) is 0 Å². The molecule has 128 valence electrons. The van der Waals surface area contributed by atoms with E-state index < -0.39 is 0 Å². The second-order valence-corrected chi connectivity index (χ2v) is 5.76. The van der Waals surface area contributed by atoms with E-state index in [1.54, 1.807) is 0 Å². The number of amides is 1. The van der Waals surface area contributed by atoms with Crippen LogP contribution in [-0.4, -0.2) is 30.4 Å². The fraction of sp³-hybridized carbons (Fsp3) is 0.250. The number of benzene rings is 2. The number of carbonyl (C=O) groups is 1. The van der Waals surface area contributed by atoms with Crippen LogP contribution in [0.2, 0.25) is 0 Å². The summed E-state index contributed by atoms with van der Waals surface area (Å²) in [5, 5.41) is 5.80. The first-order chi connectivity index (χ1) is 12.2. The molecule has 25 heavy (non-hydrogen) atoms. The van der Waals surface area contributed by atoms with Crippen molar-refractivity contribution < 1.29 is 4.79 Å². The molecule has 0 atom stereocenters. The molecule has 0 saturated carbocycles. The normalized spacial score (nSPS) is 15.6. The lowest BCUT2D eigenvalue weighted by atomic mass is 10.2. The van der Waals surface area contributed by atoms with Crippen molar-refractivity contribution >= 4 is 34.4 Å². The van der Waals surface area contributed by atoms with Crippen molar-refractivity contribution in [3.63, 3.8) is 0 Å². The highest BCUT2D eigenvalue weighted by atomic mass is 16.2. The van der Waals surface area contributed by atoms with Crippen LogP contribution in [0, 0.1) is 0 Å². The third kappa shape index (κ3) is 3.31. The van der Waals surface area contributed by atoms with Crippen LogP contribution in [0.15, 0.2) is 64.7 Å². The van der Waals surface area contributed by atoms with Gasteiger partial charge in [-0.1, -0.05) is 30.3 Å². The lowest BCUT2D eigenvalue weighted by molar-refractivity contribution is -0.112. The van der Waals surface area contributed by atoms with Gasteiger partial charge in [0.1, 0.15) is 0 Å². The van der Waals surface area contributed by atoms with Crippen LogP contribution in [0.4, 0.5) is 17.1 Å². The molecule has 5 heteroatoms. The predicted octanol–water partition coefficient (Wildman–Crippen LogP) is 4.03. The fourth-order valence-electron chi connectivity index (χ4n) is 2.88. The number of carbonyl (C=O) groups excluding carboxylic acids is 1. The third-order valence-corrected chi connectivity index (χ3v) is 4.21. The second kappa shape index (κ2) is 7.30. The summed E-state index contributed by atoms with van der Waals surface area (Å²) in [5.74, 6) is -0.196. The molecule has 0 aromatic heterocycles. The van der Waals surface area contributed by atoms with Crippen molar-refractivity contribution in [3.05, 3.63) is 54.6 Å². The van der Waals surface area contributed by atoms with Gasteiger partial charge in [0.15, 0.2) is 5.71 Å². The summed E-state index contributed by atoms with van der Waals surface area (Å²) in [6.07, 6.45) is 0. The molecule has 0 radical (unpaired) electrons. The van der Waals surface area contributed by atoms with Crippen LogP contribution in [0.3, 0.4) is 0 Å². The molecule has 2 aromatic carbocycles. The number of hydrogen-bond donors (Lipinski definition) is 0. The molecule has 5 nitrogen and oxygen atoms in total. The summed E-state index contributed by atoms with van der Waals surface area (Å²) in [6, 6.07) is 17.3. The van der Waals surface area contributed by atoms with Gasteiger partial charge in [-0.3, -0.25) is 4.79 Å². The second-order valence-electron chi connectivity index (χ2n) is 5.76. The van der Waals surface area contributed by atoms with E-state index in [4.69, 9.17) is 0 Å². The summed E-state index contributed by atoms with van der Waals surface area (Å²) >= 11 is 0. The lowest BCUT2D eigenvalue weighted by Crippen LogP contribution is -2.27. The molecule has 0 unspecified atom stereocenters. The van der Waals surface area contributed by atoms with E-state index in [9.17, 15) is 4.79 Å². The van der Waals surface area contributed by atoms with Crippen molar-refractivity contribution in [1.29, 1.82) is 0 Å². The standard InChI is InChI=1S/C20H22N4O/c1-4-23(5-2)18-14-10-9-13-17(18)21-19-15(3)22-24(20(19)25)16-11-7-6-8-12-16/h6-14H,4-5H2,1-3H3/b21-19+. The van der Waals surface area contributed by atoms with E-state index in [0.717, 1.165) is 30.2 Å². The number of anilines is 2. The molecular weight excluding hydrogens is 312 g/mol. The molecule has 0 aliphatic carbocycles. The highest BCUT2D eigenvalue weighted by molar-refractivity contribution is 6.71. The number of aliphatic imine (C=N–C) groups is 1. The SMILES string of the molecule is CCN(CC)c1ccccc1/N=C1/C(=O)N(c2ccccc2)N=C1C. The molecule has 0 fully saturated rings. The minimum Gasteiger partial charge on any atom is -0.370 e. The zero-order chi connectivity index (χ0) is 17.8. The predicted molar refractivity (Wildman–Crippen MR) is 104 cm³/mol. The number of rotatable bonds is 5. The van der Waals surface area contributed by atoms with Crippen molar-refractivity contribution in [2.45, 2.75) is 20.8 Å². The summed E-state index contributed by atoms with van der Waals surface area (Å²) in [6.45, 7) is 7.81. The van der Waals surface area contributed by atoms with Crippen molar-refractivity contribution in [3.8, 4) is 0 Å². The molecule has 0 saturated heterocycles. The topological polar surface area (TPSA) is 48.3 Å². The smallest absolute Gasteiger partial charge is 0.299 e. The fourth-order valence-corrected chi connectivity index (χ4v) is 2.88. The first-order valence-electron chi connectivity index (χ1n) is 8.53. The lowest BCUT2D eigenvalue weighted by Gasteiger charge is -2.22. The Morgan fingerprint density at radius 2 is 1.64 bits per heavy atom. The minimum atomic E-state index is -0.196. The van der Waals surface area contributed by atoms with Crippen LogP contribution >= 0.6 is 0 Å². The van der Waals surface area contributed by atoms with E-state index in [0.29, 0.717) is 11.4 Å². The molecule has 0 bridgehead atoms. The van der Waals surface area contributed by atoms with Gasteiger partial charge in [-0.15, -0.1) is 0 Å². The van der Waals surface area contributed by atoms with E-state index >= 15 is 0 Å². The maximum atomic E-state index is 12.8. The maximum absolute atomic E-state index is 12.8. The Labute approximate surface area is 148 Å². The monoisotopic (exact) mass is 334 g/mol. The van der Waals surface area contributed by atoms with Gasteiger partial charge in [0.2, 0.25) is 0 Å². The number of para-hydroxylation sites is 3. The molecular formula is C20H22N4O. The largest absolute Gasteiger partial charge is 0.370 e. The first kappa shape index (κ1) is 16.9. The zero-order valence-electron chi connectivity index (χ0n) is 14.8. The van der Waals surface area contributed by atoms with E-state index in [-0.39, 0.29) is 5.91 Å². The molecule has 1 aliphatic rings. The molecule has 1 heterocycles. The van der Waals surface area contributed by atoms with E-state index in [1.807, 2.05) is 61.5 Å². The van der Waals surface area contributed by atoms with Crippen molar-refractivity contribution in [2.75, 3.05) is 23.0 Å². The van der Waals surface area contributed by atoms with Gasteiger partial charge < -0.3 is 4.90 Å². The molecule has 2 aromatic rings. The Hall–Kier alpha value is -2.95. The Bertz CT molecular complexity index is 823. The van der Waals surface area contributed by atoms with Gasteiger partial charge in [0.05, 0.1) is 22.8 Å². The molecule has 0 N–H and O–H groups in total. The highest BCUT2D eigenvalue weighted by Gasteiger charge is 2.30. The molecule has 1 amide bonds. The van der Waals surface area contributed by atoms with Crippen LogP contribution in [0.1, 0.15) is 20.8 Å². The van der Waals surface area contributed by atoms with Gasteiger partial charge in [-0.05, 0) is 45.0 Å². The Morgan fingerprint density at radius 3 is 2.32 bits per heavy atom. The zero-order valence-corrected chi connectivity index (χ0v) is 14.8. The van der Waals surface area contributed by atoms with Crippen LogP contribution in [-0.2, 0) is 4.79 Å². The molecule has 0 spiro atoms. The number of nitrogens with zero attached hydrogens (tertiary/aromatic N) is 4. The Balaban J connectivity index is 1.98. The highest BCUT2D eigenvalue weighted by Crippen LogP contribution is 2.29. The first-order valence-corrected chi connectivity index (χ1v) is 8.53. The summed E-state index contributed by atoms with van der Waals surface area (Å²) < 4.78 is 0. The number of hydrazone groups is 1. The van der Waals surface area contributed by atoms with Gasteiger partial charge in [0, 0.05) is 13.1 Å². The van der Waals surface area contributed by atoms with Crippen LogP contribution in [0.5, 0.6) is 0 Å². The summed E-state index contributed by atoms with van der Waals surface area (Å²) in [5.41, 5.74) is 3.58. The van der Waals surface area contributed by atoms with Gasteiger partial charge >= 0.3 is 0 Å². The Morgan fingerprint density at radius 1 is 1.00 bits per heavy atom. The average molecular weight is 334 g/mol. The van der Waals surface area contributed by atoms with E-state index in [1.165, 1.54) is 5.01 Å². The van der Waals surface area contributed by atoms with E-state index in [2.05, 4.69) is 28.8 Å². The summed E-state index contributed by atoms with van der Waals surface area (Å²) in [4.78, 5) is 19.7. The van der Waals surface area contributed by atoms with Gasteiger partial charge in [-0.2, -0.15) is 10.1 Å². The van der Waals surface area contributed by atoms with Gasteiger partial charge in [-0.25, -0.2) is 4.99 Å². The quantitative estimate of drug-likeness (QED) is 0.829. The molecule has 1 aliphatic heterocycles. The van der Waals surface area contributed by atoms with Gasteiger partial charge in [0.25, 0.3) is 5.91 Å². The van der Waals surface area contributed by atoms with Crippen molar-refractivity contribution in [2.24, 2.45) is 10.1 Å². The molecule has 3 rings (SSSR count). The van der Waals surface area contributed by atoms with Crippen molar-refractivity contribution in [1.82, 2.24) is 0 Å². The maximum Gasteiger partial charge on any atom is 0.299 e. The third-order valence-electron chi connectivity index (χ3n) is 4.21. The number of hydrogen-bond acceptors (Lipinski definition) is 4. The Kier molecular flexibility index (Phi) is 4.93. The average Bonchev–Trinajstić information content (AvgIpc) is 2.93. The van der Waals surface area contributed by atoms with Crippen LogP contribution < -0.4 is 9.91 Å². The summed E-state index contributed by atoms with van der Waals surface area (Å²) in [7, 11) is 0.